The molecule has 3 unspecified atom stereocenters. The van der Waals surface area contributed by atoms with Crippen molar-refractivity contribution in [2.75, 3.05) is 26.2 Å². The van der Waals surface area contributed by atoms with Crippen molar-refractivity contribution in [3.63, 3.8) is 0 Å². The molecule has 0 spiro atoms. The van der Waals surface area contributed by atoms with Gasteiger partial charge >= 0.3 is 0 Å². The van der Waals surface area contributed by atoms with Crippen LogP contribution in [0.25, 0.3) is 0 Å². The highest BCUT2D eigenvalue weighted by molar-refractivity contribution is 4.91. The van der Waals surface area contributed by atoms with Gasteiger partial charge in [-0.2, -0.15) is 0 Å². The first-order valence-electron chi connectivity index (χ1n) is 7.81. The van der Waals surface area contributed by atoms with Crippen LogP contribution in [0.4, 0.5) is 0 Å². The van der Waals surface area contributed by atoms with Crippen LogP contribution in [0.5, 0.6) is 0 Å². The third kappa shape index (κ3) is 2.68. The zero-order chi connectivity index (χ0) is 11.7. The molecular formula is C15H28N2. The monoisotopic (exact) mass is 236 g/mol. The fourth-order valence-corrected chi connectivity index (χ4v) is 4.40. The Morgan fingerprint density at radius 2 is 1.88 bits per heavy atom. The Kier molecular flexibility index (Phi) is 3.72. The maximum absolute atomic E-state index is 3.87. The smallest absolute Gasteiger partial charge is 0.00915 e. The predicted octanol–water partition coefficient (Wildman–Crippen LogP) is 2.50. The van der Waals surface area contributed by atoms with Crippen molar-refractivity contribution in [1.29, 1.82) is 0 Å². The summed E-state index contributed by atoms with van der Waals surface area (Å²) in [5.74, 6) is 3.22. The summed E-state index contributed by atoms with van der Waals surface area (Å²) in [7, 11) is 0. The van der Waals surface area contributed by atoms with E-state index in [4.69, 9.17) is 0 Å². The van der Waals surface area contributed by atoms with Gasteiger partial charge in [0.1, 0.15) is 0 Å². The van der Waals surface area contributed by atoms with Gasteiger partial charge in [-0.05, 0) is 76.0 Å². The van der Waals surface area contributed by atoms with Crippen LogP contribution in [0.3, 0.4) is 0 Å². The molecule has 1 N–H and O–H groups in total. The lowest BCUT2D eigenvalue weighted by Crippen LogP contribution is -2.44. The lowest BCUT2D eigenvalue weighted by atomic mass is 9.88. The lowest BCUT2D eigenvalue weighted by molar-refractivity contribution is 0.197. The summed E-state index contributed by atoms with van der Waals surface area (Å²) < 4.78 is 0. The van der Waals surface area contributed by atoms with Crippen molar-refractivity contribution < 1.29 is 0 Å². The molecule has 1 heterocycles. The van der Waals surface area contributed by atoms with Gasteiger partial charge < -0.3 is 10.2 Å². The summed E-state index contributed by atoms with van der Waals surface area (Å²) >= 11 is 0. The second kappa shape index (κ2) is 5.27. The van der Waals surface area contributed by atoms with Crippen molar-refractivity contribution in [2.24, 2.45) is 17.8 Å². The summed E-state index contributed by atoms with van der Waals surface area (Å²) in [5.41, 5.74) is 0. The normalized spacial score (nSPS) is 39.0. The second-order valence-electron chi connectivity index (χ2n) is 6.55. The summed E-state index contributed by atoms with van der Waals surface area (Å²) in [4.78, 5) is 2.58. The molecule has 0 amide bonds. The fraction of sp³-hybridized carbons (Fsp3) is 1.00. The third-order valence-electron chi connectivity index (χ3n) is 5.59. The molecule has 3 atom stereocenters. The Hall–Kier alpha value is -0.0800. The molecule has 3 aliphatic rings. The van der Waals surface area contributed by atoms with Crippen LogP contribution >= 0.6 is 0 Å². The molecule has 2 saturated carbocycles. The van der Waals surface area contributed by atoms with Crippen molar-refractivity contribution in [3.05, 3.63) is 0 Å². The number of nitrogens with one attached hydrogen (secondary N) is 1. The zero-order valence-electron chi connectivity index (χ0n) is 11.3. The minimum atomic E-state index is 0.817. The van der Waals surface area contributed by atoms with Gasteiger partial charge in [0.25, 0.3) is 0 Å². The van der Waals surface area contributed by atoms with E-state index in [1.165, 1.54) is 58.3 Å². The van der Waals surface area contributed by atoms with Crippen molar-refractivity contribution >= 4 is 0 Å². The molecule has 0 aromatic carbocycles. The minimum absolute atomic E-state index is 0.817. The van der Waals surface area contributed by atoms with Crippen LogP contribution in [0, 0.1) is 17.8 Å². The summed E-state index contributed by atoms with van der Waals surface area (Å²) in [6.45, 7) is 7.45. The maximum atomic E-state index is 3.87. The van der Waals surface area contributed by atoms with Crippen LogP contribution in [0.15, 0.2) is 0 Å². The Labute approximate surface area is 106 Å². The number of hydrogen-bond donors (Lipinski definition) is 1. The van der Waals surface area contributed by atoms with E-state index in [1.54, 1.807) is 6.42 Å². The van der Waals surface area contributed by atoms with Crippen molar-refractivity contribution in [2.45, 2.75) is 51.5 Å². The zero-order valence-corrected chi connectivity index (χ0v) is 11.3. The molecule has 0 radical (unpaired) electrons. The summed E-state index contributed by atoms with van der Waals surface area (Å²) in [6.07, 6.45) is 8.90. The number of piperidine rings is 1. The van der Waals surface area contributed by atoms with Gasteiger partial charge in [-0.15, -0.1) is 0 Å². The first-order chi connectivity index (χ1) is 8.35. The van der Waals surface area contributed by atoms with Gasteiger partial charge in [-0.1, -0.05) is 13.3 Å². The van der Waals surface area contributed by atoms with Gasteiger partial charge in [0.05, 0.1) is 0 Å². The lowest BCUT2D eigenvalue weighted by Gasteiger charge is -2.33. The van der Waals surface area contributed by atoms with Crippen LogP contribution in [-0.4, -0.2) is 37.1 Å². The van der Waals surface area contributed by atoms with Gasteiger partial charge in [0.2, 0.25) is 0 Å². The van der Waals surface area contributed by atoms with E-state index in [1.807, 2.05) is 0 Å². The number of rotatable bonds is 4. The Morgan fingerprint density at radius 1 is 1.06 bits per heavy atom. The number of fused-ring (bicyclic) bond motifs is 2. The van der Waals surface area contributed by atoms with E-state index in [0.29, 0.717) is 0 Å². The Balaban J connectivity index is 1.38. The number of nitrogens with zero attached hydrogens (tertiary/aromatic N) is 1. The molecule has 0 aromatic heterocycles. The topological polar surface area (TPSA) is 15.3 Å². The highest BCUT2D eigenvalue weighted by atomic mass is 15.1. The van der Waals surface area contributed by atoms with Gasteiger partial charge in [0.15, 0.2) is 0 Å². The summed E-state index contributed by atoms with van der Waals surface area (Å²) in [6, 6.07) is 0.817. The van der Waals surface area contributed by atoms with E-state index >= 15 is 0 Å². The standard InChI is InChI=1S/C15H28N2/c1-2-17-7-5-15(6-8-17)16-11-14-10-12-3-4-13(14)9-12/h12-16H,2-11H2,1H3. The average Bonchev–Trinajstić information content (AvgIpc) is 2.99. The molecule has 2 nitrogen and oxygen atoms in total. The average molecular weight is 236 g/mol. The molecular weight excluding hydrogens is 208 g/mol. The first kappa shape index (κ1) is 12.0. The predicted molar refractivity (Wildman–Crippen MR) is 72.1 cm³/mol. The molecule has 17 heavy (non-hydrogen) atoms. The summed E-state index contributed by atoms with van der Waals surface area (Å²) in [5, 5.41) is 3.87. The van der Waals surface area contributed by atoms with Crippen LogP contribution in [0.2, 0.25) is 0 Å². The fourth-order valence-electron chi connectivity index (χ4n) is 4.40. The molecule has 2 bridgehead atoms. The van der Waals surface area contributed by atoms with Crippen LogP contribution < -0.4 is 5.32 Å². The van der Waals surface area contributed by atoms with E-state index in [0.717, 1.165) is 23.8 Å². The number of hydrogen-bond acceptors (Lipinski definition) is 2. The molecule has 3 fully saturated rings. The van der Waals surface area contributed by atoms with Crippen molar-refractivity contribution in [3.8, 4) is 0 Å². The largest absolute Gasteiger partial charge is 0.314 e. The Morgan fingerprint density at radius 3 is 2.47 bits per heavy atom. The quantitative estimate of drug-likeness (QED) is 0.807. The molecule has 2 aliphatic carbocycles. The van der Waals surface area contributed by atoms with Gasteiger partial charge in [-0.3, -0.25) is 0 Å². The highest BCUT2D eigenvalue weighted by Gasteiger charge is 2.39. The van der Waals surface area contributed by atoms with Gasteiger partial charge in [0, 0.05) is 6.04 Å². The number of likely N-dealkylation sites (tertiary alicyclic amines) is 1. The maximum Gasteiger partial charge on any atom is 0.00915 e. The second-order valence-corrected chi connectivity index (χ2v) is 6.55. The Bertz CT molecular complexity index is 245. The van der Waals surface area contributed by atoms with E-state index in [9.17, 15) is 0 Å². The molecule has 1 saturated heterocycles. The van der Waals surface area contributed by atoms with Crippen molar-refractivity contribution in [1.82, 2.24) is 10.2 Å². The molecule has 98 valence electrons. The SMILES string of the molecule is CCN1CCC(NCC2CC3CCC2C3)CC1. The first-order valence-corrected chi connectivity index (χ1v) is 7.81. The van der Waals surface area contributed by atoms with E-state index < -0.39 is 0 Å². The van der Waals surface area contributed by atoms with Crippen LogP contribution in [-0.2, 0) is 0 Å². The minimum Gasteiger partial charge on any atom is -0.314 e. The van der Waals surface area contributed by atoms with Crippen LogP contribution in [0.1, 0.15) is 45.4 Å². The van der Waals surface area contributed by atoms with E-state index in [-0.39, 0.29) is 0 Å². The molecule has 1 aliphatic heterocycles. The third-order valence-corrected chi connectivity index (χ3v) is 5.59. The molecule has 2 heteroatoms. The highest BCUT2D eigenvalue weighted by Crippen LogP contribution is 2.47. The molecule has 3 rings (SSSR count). The van der Waals surface area contributed by atoms with E-state index in [2.05, 4.69) is 17.1 Å². The molecule has 0 aromatic rings. The van der Waals surface area contributed by atoms with Gasteiger partial charge in [-0.25, -0.2) is 0 Å².